The Hall–Kier alpha value is -1.51. The Balaban J connectivity index is 1.64. The largest absolute Gasteiger partial charge is 0.387 e. The summed E-state index contributed by atoms with van der Waals surface area (Å²) in [5.41, 5.74) is 2.10. The Bertz CT molecular complexity index is 461. The zero-order valence-electron chi connectivity index (χ0n) is 10.8. The maximum atomic E-state index is 12.2. The van der Waals surface area contributed by atoms with Crippen molar-refractivity contribution in [3.63, 3.8) is 0 Å². The van der Waals surface area contributed by atoms with Gasteiger partial charge in [-0.1, -0.05) is 12.1 Å². The van der Waals surface area contributed by atoms with Crippen LogP contribution in [0.3, 0.4) is 0 Å². The van der Waals surface area contributed by atoms with Crippen LogP contribution in [0.15, 0.2) is 24.3 Å². The standard InChI is InChI=1S/C15H20N2O/c1-16-13-5-3-2-4-12(13)14(18)17-10-15(8-9-15)11-6-7-11/h2-5,11,16H,6-10H2,1H3,(H,17,18). The van der Waals surface area contributed by atoms with Crippen molar-refractivity contribution in [1.82, 2.24) is 5.32 Å². The van der Waals surface area contributed by atoms with Crippen LogP contribution in [0, 0.1) is 11.3 Å². The van der Waals surface area contributed by atoms with Gasteiger partial charge < -0.3 is 10.6 Å². The topological polar surface area (TPSA) is 41.1 Å². The quantitative estimate of drug-likeness (QED) is 0.836. The van der Waals surface area contributed by atoms with Crippen molar-refractivity contribution < 1.29 is 4.79 Å². The van der Waals surface area contributed by atoms with E-state index in [1.54, 1.807) is 0 Å². The molecule has 2 aliphatic carbocycles. The average Bonchev–Trinajstić information content (AvgIpc) is 3.28. The van der Waals surface area contributed by atoms with Gasteiger partial charge >= 0.3 is 0 Å². The lowest BCUT2D eigenvalue weighted by atomic mass is 10.0. The first-order valence-electron chi connectivity index (χ1n) is 6.80. The lowest BCUT2D eigenvalue weighted by Crippen LogP contribution is -2.31. The van der Waals surface area contributed by atoms with Crippen LogP contribution in [-0.4, -0.2) is 19.5 Å². The third-order valence-electron chi connectivity index (χ3n) is 4.38. The summed E-state index contributed by atoms with van der Waals surface area (Å²) in [5, 5.41) is 6.18. The fraction of sp³-hybridized carbons (Fsp3) is 0.533. The van der Waals surface area contributed by atoms with Crippen molar-refractivity contribution >= 4 is 11.6 Å². The van der Waals surface area contributed by atoms with Crippen molar-refractivity contribution in [1.29, 1.82) is 0 Å². The van der Waals surface area contributed by atoms with Gasteiger partial charge in [0, 0.05) is 19.3 Å². The van der Waals surface area contributed by atoms with Gasteiger partial charge in [0.05, 0.1) is 5.56 Å². The first-order valence-corrected chi connectivity index (χ1v) is 6.80. The van der Waals surface area contributed by atoms with E-state index in [-0.39, 0.29) is 5.91 Å². The summed E-state index contributed by atoms with van der Waals surface area (Å²) in [6.07, 6.45) is 5.32. The molecule has 0 saturated heterocycles. The van der Waals surface area contributed by atoms with Crippen molar-refractivity contribution in [2.45, 2.75) is 25.7 Å². The van der Waals surface area contributed by atoms with Gasteiger partial charge in [0.15, 0.2) is 0 Å². The SMILES string of the molecule is CNc1ccccc1C(=O)NCC1(C2CC2)CC1. The van der Waals surface area contributed by atoms with Gasteiger partial charge in [0.25, 0.3) is 5.91 Å². The van der Waals surface area contributed by atoms with Crippen LogP contribution in [-0.2, 0) is 0 Å². The maximum Gasteiger partial charge on any atom is 0.253 e. The Morgan fingerprint density at radius 3 is 2.67 bits per heavy atom. The Kier molecular flexibility index (Phi) is 2.77. The van der Waals surface area contributed by atoms with E-state index in [9.17, 15) is 4.79 Å². The molecule has 0 aromatic heterocycles. The number of benzene rings is 1. The molecule has 3 heteroatoms. The van der Waals surface area contributed by atoms with Gasteiger partial charge in [-0.15, -0.1) is 0 Å². The summed E-state index contributed by atoms with van der Waals surface area (Å²) in [6.45, 7) is 0.856. The third-order valence-corrected chi connectivity index (χ3v) is 4.38. The second kappa shape index (κ2) is 4.30. The normalized spacial score (nSPS) is 20.3. The molecule has 0 atom stereocenters. The molecule has 1 aromatic carbocycles. The molecule has 0 aliphatic heterocycles. The molecular formula is C15H20N2O. The van der Waals surface area contributed by atoms with E-state index < -0.39 is 0 Å². The van der Waals surface area contributed by atoms with Gasteiger partial charge in [-0.3, -0.25) is 4.79 Å². The molecule has 3 rings (SSSR count). The van der Waals surface area contributed by atoms with Crippen molar-refractivity contribution in [2.75, 3.05) is 18.9 Å². The van der Waals surface area contributed by atoms with Crippen LogP contribution in [0.1, 0.15) is 36.0 Å². The van der Waals surface area contributed by atoms with E-state index in [1.165, 1.54) is 25.7 Å². The van der Waals surface area contributed by atoms with Gasteiger partial charge in [0.1, 0.15) is 0 Å². The summed E-state index contributed by atoms with van der Waals surface area (Å²) in [5.74, 6) is 0.934. The molecule has 2 aliphatic rings. The highest BCUT2D eigenvalue weighted by Crippen LogP contribution is 2.60. The van der Waals surface area contributed by atoms with Crippen LogP contribution in [0.5, 0.6) is 0 Å². The Morgan fingerprint density at radius 1 is 1.33 bits per heavy atom. The number of carbonyl (C=O) groups excluding carboxylic acids is 1. The number of amides is 1. The zero-order chi connectivity index (χ0) is 12.6. The van der Waals surface area contributed by atoms with Gasteiger partial charge in [-0.25, -0.2) is 0 Å². The summed E-state index contributed by atoms with van der Waals surface area (Å²) in [6, 6.07) is 7.65. The van der Waals surface area contributed by atoms with Gasteiger partial charge in [-0.2, -0.15) is 0 Å². The molecule has 0 spiro atoms. The lowest BCUT2D eigenvalue weighted by Gasteiger charge is -2.16. The lowest BCUT2D eigenvalue weighted by molar-refractivity contribution is 0.0943. The molecule has 96 valence electrons. The second-order valence-corrected chi connectivity index (χ2v) is 5.61. The first kappa shape index (κ1) is 11.6. The van der Waals surface area contributed by atoms with Crippen LogP contribution in [0.4, 0.5) is 5.69 Å². The average molecular weight is 244 g/mol. The fourth-order valence-electron chi connectivity index (χ4n) is 2.84. The molecule has 0 unspecified atom stereocenters. The van der Waals surface area contributed by atoms with Gasteiger partial charge in [0.2, 0.25) is 0 Å². The van der Waals surface area contributed by atoms with Crippen molar-refractivity contribution in [3.05, 3.63) is 29.8 Å². The van der Waals surface area contributed by atoms with E-state index in [2.05, 4.69) is 10.6 Å². The third kappa shape index (κ3) is 2.09. The molecule has 1 aromatic rings. The Morgan fingerprint density at radius 2 is 2.06 bits per heavy atom. The van der Waals surface area contributed by atoms with E-state index in [1.807, 2.05) is 31.3 Å². The minimum Gasteiger partial charge on any atom is -0.387 e. The monoisotopic (exact) mass is 244 g/mol. The minimum atomic E-state index is 0.0480. The molecule has 0 heterocycles. The van der Waals surface area contributed by atoms with Crippen molar-refractivity contribution in [3.8, 4) is 0 Å². The number of para-hydroxylation sites is 1. The minimum absolute atomic E-state index is 0.0480. The maximum absolute atomic E-state index is 12.2. The van der Waals surface area contributed by atoms with E-state index >= 15 is 0 Å². The number of anilines is 1. The Labute approximate surface area is 108 Å². The summed E-state index contributed by atoms with van der Waals surface area (Å²) >= 11 is 0. The van der Waals surface area contributed by atoms with Crippen LogP contribution >= 0.6 is 0 Å². The second-order valence-electron chi connectivity index (χ2n) is 5.61. The molecule has 2 fully saturated rings. The highest BCUT2D eigenvalue weighted by atomic mass is 16.1. The molecular weight excluding hydrogens is 224 g/mol. The highest BCUT2D eigenvalue weighted by molar-refractivity contribution is 5.99. The summed E-state index contributed by atoms with van der Waals surface area (Å²) < 4.78 is 0. The fourth-order valence-corrected chi connectivity index (χ4v) is 2.84. The molecule has 18 heavy (non-hydrogen) atoms. The number of hydrogen-bond acceptors (Lipinski definition) is 2. The molecule has 2 N–H and O–H groups in total. The zero-order valence-corrected chi connectivity index (χ0v) is 10.8. The van der Waals surface area contributed by atoms with E-state index in [0.29, 0.717) is 5.41 Å². The van der Waals surface area contributed by atoms with E-state index in [4.69, 9.17) is 0 Å². The van der Waals surface area contributed by atoms with Crippen LogP contribution in [0.2, 0.25) is 0 Å². The highest BCUT2D eigenvalue weighted by Gasteiger charge is 2.53. The number of hydrogen-bond donors (Lipinski definition) is 2. The molecule has 2 saturated carbocycles. The summed E-state index contributed by atoms with van der Waals surface area (Å²) in [4.78, 5) is 12.2. The smallest absolute Gasteiger partial charge is 0.253 e. The number of carbonyl (C=O) groups is 1. The predicted molar refractivity (Wildman–Crippen MR) is 72.7 cm³/mol. The molecule has 0 bridgehead atoms. The number of nitrogens with one attached hydrogen (secondary N) is 2. The number of rotatable bonds is 5. The molecule has 1 amide bonds. The van der Waals surface area contributed by atoms with Crippen molar-refractivity contribution in [2.24, 2.45) is 11.3 Å². The molecule has 3 nitrogen and oxygen atoms in total. The van der Waals surface area contributed by atoms with Gasteiger partial charge in [-0.05, 0) is 49.1 Å². The molecule has 0 radical (unpaired) electrons. The predicted octanol–water partition coefficient (Wildman–Crippen LogP) is 2.65. The summed E-state index contributed by atoms with van der Waals surface area (Å²) in [7, 11) is 1.85. The van der Waals surface area contributed by atoms with Crippen LogP contribution in [0.25, 0.3) is 0 Å². The first-order chi connectivity index (χ1) is 8.75. The van der Waals surface area contributed by atoms with Crippen LogP contribution < -0.4 is 10.6 Å². The van der Waals surface area contributed by atoms with E-state index in [0.717, 1.165) is 23.7 Å².